The van der Waals surface area contributed by atoms with Crippen molar-refractivity contribution in [2.24, 2.45) is 0 Å². The Labute approximate surface area is 217 Å². The minimum atomic E-state index is -5.14. The van der Waals surface area contributed by atoms with Gasteiger partial charge >= 0.3 is 59.1 Å². The van der Waals surface area contributed by atoms with Crippen LogP contribution in [0.5, 0.6) is 0 Å². The maximum Gasteiger partial charge on any atom is 1.00 e. The van der Waals surface area contributed by atoms with Gasteiger partial charge in [0.1, 0.15) is 20.2 Å². The van der Waals surface area contributed by atoms with Crippen LogP contribution in [0.1, 0.15) is 10.4 Å². The Kier molecular flexibility index (Phi) is 9.09. The van der Waals surface area contributed by atoms with E-state index >= 15 is 0 Å². The van der Waals surface area contributed by atoms with Crippen molar-refractivity contribution in [3.63, 3.8) is 0 Å². The van der Waals surface area contributed by atoms with Crippen LogP contribution in [-0.4, -0.2) is 31.8 Å². The third-order valence-electron chi connectivity index (χ3n) is 3.89. The maximum absolute atomic E-state index is 12.4. The average Bonchev–Trinajstić information content (AvgIpc) is 2.59. The van der Waals surface area contributed by atoms with Gasteiger partial charge in [0.2, 0.25) is 0 Å². The molecule has 0 bridgehead atoms. The number of nitrogen functional groups attached to an aromatic ring is 1. The summed E-state index contributed by atoms with van der Waals surface area (Å²) in [6.45, 7) is 0. The molecule has 0 heterocycles. The molecular formula is C17H12N2Na2O7S2. The van der Waals surface area contributed by atoms with Crippen LogP contribution in [0.25, 0.3) is 10.8 Å². The smallest absolute Gasteiger partial charge is 0.744 e. The minimum absolute atomic E-state index is 0. The zero-order valence-electron chi connectivity index (χ0n) is 15.9. The van der Waals surface area contributed by atoms with Crippen molar-refractivity contribution >= 4 is 48.3 Å². The second-order valence-corrected chi connectivity index (χ2v) is 8.45. The normalized spacial score (nSPS) is 11.3. The Morgan fingerprint density at radius 2 is 1.47 bits per heavy atom. The van der Waals surface area contributed by atoms with E-state index in [1.54, 1.807) is 6.07 Å². The van der Waals surface area contributed by atoms with Crippen LogP contribution in [0.2, 0.25) is 0 Å². The molecule has 0 fully saturated rings. The predicted octanol–water partition coefficient (Wildman–Crippen LogP) is -4.51. The molecule has 0 unspecified atom stereocenters. The van der Waals surface area contributed by atoms with Gasteiger partial charge in [0.25, 0.3) is 5.91 Å². The van der Waals surface area contributed by atoms with E-state index < -0.39 is 35.9 Å². The molecule has 0 saturated carbocycles. The molecule has 0 aliphatic heterocycles. The molecule has 0 aromatic heterocycles. The van der Waals surface area contributed by atoms with E-state index in [9.17, 15) is 30.7 Å². The van der Waals surface area contributed by atoms with E-state index in [1.165, 1.54) is 24.3 Å². The summed E-state index contributed by atoms with van der Waals surface area (Å²) in [5, 5.41) is 1.77. The van der Waals surface area contributed by atoms with E-state index in [-0.39, 0.29) is 81.1 Å². The fourth-order valence-electron chi connectivity index (χ4n) is 2.76. The molecule has 0 atom stereocenters. The molecule has 0 radical (unpaired) electrons. The van der Waals surface area contributed by atoms with Crippen molar-refractivity contribution in [2.45, 2.75) is 9.79 Å². The Balaban J connectivity index is 0.00000225. The molecule has 3 N–H and O–H groups in total. The summed E-state index contributed by atoms with van der Waals surface area (Å²) >= 11 is 0. The van der Waals surface area contributed by atoms with Crippen LogP contribution >= 0.6 is 0 Å². The maximum atomic E-state index is 12.4. The first-order valence-corrected chi connectivity index (χ1v) is 10.4. The van der Waals surface area contributed by atoms with Crippen LogP contribution in [0.4, 0.5) is 11.4 Å². The molecule has 3 aromatic rings. The minimum Gasteiger partial charge on any atom is -0.744 e. The van der Waals surface area contributed by atoms with E-state index in [0.29, 0.717) is 5.69 Å². The van der Waals surface area contributed by atoms with Crippen LogP contribution in [-0.2, 0) is 20.2 Å². The van der Waals surface area contributed by atoms with Crippen LogP contribution in [0.3, 0.4) is 0 Å². The second kappa shape index (κ2) is 10.1. The molecule has 0 saturated heterocycles. The summed E-state index contributed by atoms with van der Waals surface area (Å²) < 4.78 is 69.8. The van der Waals surface area contributed by atoms with Gasteiger partial charge in [-0.3, -0.25) is 4.79 Å². The number of hydrogen-bond donors (Lipinski definition) is 2. The van der Waals surface area contributed by atoms with Gasteiger partial charge in [-0.25, -0.2) is 16.8 Å². The molecular weight excluding hydrogens is 454 g/mol. The third-order valence-corrected chi connectivity index (χ3v) is 5.72. The number of fused-ring (bicyclic) bond motifs is 1. The number of rotatable bonds is 4. The number of hydrogen-bond acceptors (Lipinski definition) is 8. The fraction of sp³-hybridized carbons (Fsp3) is 0. The van der Waals surface area contributed by atoms with Gasteiger partial charge < -0.3 is 20.2 Å². The van der Waals surface area contributed by atoms with E-state index in [0.717, 1.165) is 24.3 Å². The zero-order chi connectivity index (χ0) is 20.7. The molecule has 146 valence electrons. The van der Waals surface area contributed by atoms with Gasteiger partial charge in [-0.1, -0.05) is 24.3 Å². The quantitative estimate of drug-likeness (QED) is 0.220. The molecule has 0 aliphatic rings. The first-order valence-electron chi connectivity index (χ1n) is 7.63. The Morgan fingerprint density at radius 3 is 2.03 bits per heavy atom. The number of anilines is 2. The van der Waals surface area contributed by atoms with Gasteiger partial charge in [-0.15, -0.1) is 0 Å². The largest absolute Gasteiger partial charge is 1.00 e. The van der Waals surface area contributed by atoms with Gasteiger partial charge in [0.15, 0.2) is 0 Å². The first kappa shape index (κ1) is 27.0. The zero-order valence-corrected chi connectivity index (χ0v) is 21.6. The molecule has 1 amide bonds. The summed E-state index contributed by atoms with van der Waals surface area (Å²) in [6.07, 6.45) is 0. The SMILES string of the molecule is Nc1cccc(C(=O)Nc2ccc3c(S(=O)(=O)[O-])cccc3c2S(=O)(=O)[O-])c1.[Na+].[Na+]. The summed E-state index contributed by atoms with van der Waals surface area (Å²) in [5.41, 5.74) is 5.67. The molecule has 13 heteroatoms. The van der Waals surface area contributed by atoms with Crippen LogP contribution in [0.15, 0.2) is 64.4 Å². The summed E-state index contributed by atoms with van der Waals surface area (Å²) in [5.74, 6) is -0.732. The van der Waals surface area contributed by atoms with Crippen LogP contribution in [0, 0.1) is 0 Å². The van der Waals surface area contributed by atoms with Crippen molar-refractivity contribution in [1.29, 1.82) is 0 Å². The molecule has 30 heavy (non-hydrogen) atoms. The van der Waals surface area contributed by atoms with E-state index in [1.807, 2.05) is 0 Å². The van der Waals surface area contributed by atoms with Crippen molar-refractivity contribution in [1.82, 2.24) is 0 Å². The van der Waals surface area contributed by atoms with Crippen molar-refractivity contribution in [3.8, 4) is 0 Å². The third kappa shape index (κ3) is 5.82. The average molecular weight is 466 g/mol. The Bertz CT molecular complexity index is 1330. The number of benzene rings is 3. The number of nitrogens with one attached hydrogen (secondary N) is 1. The van der Waals surface area contributed by atoms with Crippen molar-refractivity contribution in [2.75, 3.05) is 11.1 Å². The topological polar surface area (TPSA) is 170 Å². The standard InChI is InChI=1S/C17H14N2O7S2.2Na/c18-11-4-1-3-10(9-11)17(20)19-14-8-7-12-13(16(14)28(24,25)26)5-2-6-15(12)27(21,22)23;;/h1-9H,18H2,(H,19,20)(H,21,22,23)(H,24,25,26);;/q;2*+1/p-2. The van der Waals surface area contributed by atoms with Crippen molar-refractivity contribution in [3.05, 3.63) is 60.2 Å². The molecule has 3 rings (SSSR count). The molecule has 3 aromatic carbocycles. The molecule has 0 aliphatic carbocycles. The van der Waals surface area contributed by atoms with E-state index in [2.05, 4.69) is 5.32 Å². The van der Waals surface area contributed by atoms with Gasteiger partial charge in [0, 0.05) is 22.0 Å². The first-order chi connectivity index (χ1) is 13.0. The van der Waals surface area contributed by atoms with Gasteiger partial charge in [-0.2, -0.15) is 0 Å². The summed E-state index contributed by atoms with van der Waals surface area (Å²) in [7, 11) is -10.1. The number of nitrogens with two attached hydrogens (primary N) is 1. The van der Waals surface area contributed by atoms with Crippen LogP contribution < -0.4 is 70.2 Å². The van der Waals surface area contributed by atoms with Gasteiger partial charge in [0.05, 0.1) is 15.5 Å². The number of amides is 1. The van der Waals surface area contributed by atoms with Crippen molar-refractivity contribution < 1.29 is 89.9 Å². The Hall–Kier alpha value is -0.990. The fourth-order valence-corrected chi connectivity index (χ4v) is 4.29. The second-order valence-electron chi connectivity index (χ2n) is 5.78. The number of carbonyl (C=O) groups is 1. The molecule has 0 spiro atoms. The monoisotopic (exact) mass is 466 g/mol. The number of carbonyl (C=O) groups excluding carboxylic acids is 1. The Morgan fingerprint density at radius 1 is 0.833 bits per heavy atom. The van der Waals surface area contributed by atoms with E-state index in [4.69, 9.17) is 5.73 Å². The van der Waals surface area contributed by atoms with Gasteiger partial charge in [-0.05, 0) is 30.3 Å². The summed E-state index contributed by atoms with van der Waals surface area (Å²) in [6, 6.07) is 11.3. The molecule has 9 nitrogen and oxygen atoms in total. The summed E-state index contributed by atoms with van der Waals surface area (Å²) in [4.78, 5) is 10.9. The predicted molar refractivity (Wildman–Crippen MR) is 98.7 cm³/mol.